The molecule has 2 unspecified atom stereocenters. The van der Waals surface area contributed by atoms with Gasteiger partial charge in [-0.25, -0.2) is 0 Å². The number of ether oxygens (including phenoxy) is 1. The summed E-state index contributed by atoms with van der Waals surface area (Å²) >= 11 is 8.95. The number of amides is 2. The normalized spacial score (nSPS) is 15.9. The predicted molar refractivity (Wildman–Crippen MR) is 140 cm³/mol. The number of nitrogens with one attached hydrogen (secondary N) is 1. The lowest BCUT2D eigenvalue weighted by Crippen LogP contribution is -2.20. The Morgan fingerprint density at radius 2 is 2.14 bits per heavy atom. The molecule has 2 amide bonds. The molecule has 11 heteroatoms. The quantitative estimate of drug-likeness (QED) is 0.370. The number of primary amides is 1. The molecule has 35 heavy (non-hydrogen) atoms. The predicted octanol–water partition coefficient (Wildman–Crippen LogP) is 5.11. The van der Waals surface area contributed by atoms with Gasteiger partial charge < -0.3 is 20.4 Å². The maximum Gasteiger partial charge on any atom is 0.251 e. The highest BCUT2D eigenvalue weighted by atomic mass is 35.5. The number of halogens is 1. The van der Waals surface area contributed by atoms with Crippen LogP contribution in [0.1, 0.15) is 59.9 Å². The van der Waals surface area contributed by atoms with Crippen molar-refractivity contribution in [1.29, 1.82) is 0 Å². The van der Waals surface area contributed by atoms with E-state index in [1.54, 1.807) is 12.1 Å². The van der Waals surface area contributed by atoms with Crippen LogP contribution in [0.15, 0.2) is 29.4 Å². The minimum atomic E-state index is -0.497. The number of thioether (sulfide) groups is 1. The van der Waals surface area contributed by atoms with E-state index in [0.717, 1.165) is 29.7 Å². The van der Waals surface area contributed by atoms with Crippen LogP contribution in [0, 0.1) is 5.92 Å². The molecular weight excluding hydrogens is 506 g/mol. The molecule has 0 bridgehead atoms. The van der Waals surface area contributed by atoms with Crippen molar-refractivity contribution in [2.45, 2.75) is 57.8 Å². The summed E-state index contributed by atoms with van der Waals surface area (Å²) < 4.78 is 7.90. The van der Waals surface area contributed by atoms with Gasteiger partial charge in [-0.2, -0.15) is 0 Å². The fourth-order valence-electron chi connectivity index (χ4n) is 4.18. The summed E-state index contributed by atoms with van der Waals surface area (Å²) in [4.78, 5) is 26.1. The van der Waals surface area contributed by atoms with Gasteiger partial charge in [0.05, 0.1) is 16.3 Å². The first-order valence-electron chi connectivity index (χ1n) is 11.5. The van der Waals surface area contributed by atoms with Gasteiger partial charge in [0.2, 0.25) is 5.91 Å². The number of aromatic nitrogens is 3. The first kappa shape index (κ1) is 25.5. The maximum atomic E-state index is 12.8. The summed E-state index contributed by atoms with van der Waals surface area (Å²) in [5.41, 5.74) is 7.11. The van der Waals surface area contributed by atoms with Gasteiger partial charge in [0.15, 0.2) is 17.1 Å². The van der Waals surface area contributed by atoms with E-state index in [0.29, 0.717) is 44.8 Å². The topological polar surface area (TPSA) is 112 Å². The number of hydrogen-bond acceptors (Lipinski definition) is 7. The van der Waals surface area contributed by atoms with E-state index < -0.39 is 5.91 Å². The smallest absolute Gasteiger partial charge is 0.251 e. The molecule has 8 nitrogen and oxygen atoms in total. The molecule has 4 rings (SSSR count). The minimum absolute atomic E-state index is 0.120. The van der Waals surface area contributed by atoms with Crippen molar-refractivity contribution >= 4 is 51.5 Å². The molecule has 2 atom stereocenters. The molecule has 186 valence electrons. The molecule has 3 aromatic rings. The maximum absolute atomic E-state index is 12.8. The first-order valence-corrected chi connectivity index (χ1v) is 13.7. The molecule has 0 fully saturated rings. The van der Waals surface area contributed by atoms with Gasteiger partial charge in [-0.1, -0.05) is 42.4 Å². The fourth-order valence-corrected chi connectivity index (χ4v) is 6.60. The van der Waals surface area contributed by atoms with E-state index >= 15 is 0 Å². The number of carbonyl (C=O) groups is 2. The van der Waals surface area contributed by atoms with Crippen LogP contribution in [0.3, 0.4) is 0 Å². The number of hydrogen-bond donors (Lipinski definition) is 2. The second-order valence-electron chi connectivity index (χ2n) is 8.53. The van der Waals surface area contributed by atoms with Crippen LogP contribution >= 0.6 is 34.7 Å². The molecule has 1 aliphatic rings. The highest BCUT2D eigenvalue weighted by Gasteiger charge is 2.27. The van der Waals surface area contributed by atoms with E-state index in [1.165, 1.54) is 23.1 Å². The molecule has 1 aromatic carbocycles. The Labute approximate surface area is 217 Å². The highest BCUT2D eigenvalue weighted by Crippen LogP contribution is 2.39. The Morgan fingerprint density at radius 1 is 1.37 bits per heavy atom. The molecule has 2 heterocycles. The minimum Gasteiger partial charge on any atom is -0.481 e. The molecule has 0 spiro atoms. The van der Waals surface area contributed by atoms with Crippen LogP contribution in [-0.2, 0) is 24.2 Å². The number of thiophene rings is 1. The van der Waals surface area contributed by atoms with Crippen LogP contribution in [0.4, 0.5) is 5.00 Å². The second kappa shape index (κ2) is 11.0. The third kappa shape index (κ3) is 5.65. The van der Waals surface area contributed by atoms with Gasteiger partial charge in [-0.3, -0.25) is 9.59 Å². The van der Waals surface area contributed by atoms with Crippen LogP contribution in [0.2, 0.25) is 5.02 Å². The zero-order chi connectivity index (χ0) is 25.1. The SMILES string of the molecule is CCn1c(SCC(=O)Nc2sc3c(c2C(N)=O)CCC(C)C3)nnc1C(C)Oc1ccccc1Cl. The van der Waals surface area contributed by atoms with Crippen molar-refractivity contribution in [1.82, 2.24) is 14.8 Å². The number of benzene rings is 1. The van der Waals surface area contributed by atoms with E-state index in [9.17, 15) is 9.59 Å². The average molecular weight is 534 g/mol. The van der Waals surface area contributed by atoms with Crippen molar-refractivity contribution in [3.05, 3.63) is 51.1 Å². The Balaban J connectivity index is 1.43. The molecule has 2 aromatic heterocycles. The lowest BCUT2D eigenvalue weighted by molar-refractivity contribution is -0.113. The highest BCUT2D eigenvalue weighted by molar-refractivity contribution is 7.99. The Kier molecular flexibility index (Phi) is 8.03. The monoisotopic (exact) mass is 533 g/mol. The van der Waals surface area contributed by atoms with Crippen molar-refractivity contribution in [2.24, 2.45) is 11.7 Å². The molecule has 0 radical (unpaired) electrons. The van der Waals surface area contributed by atoms with Crippen LogP contribution in [0.5, 0.6) is 5.75 Å². The van der Waals surface area contributed by atoms with E-state index in [1.807, 2.05) is 30.5 Å². The number of para-hydroxylation sites is 1. The Morgan fingerprint density at radius 3 is 2.86 bits per heavy atom. The molecule has 3 N–H and O–H groups in total. The number of nitrogens with zero attached hydrogens (tertiary/aromatic N) is 3. The van der Waals surface area contributed by atoms with E-state index in [4.69, 9.17) is 22.1 Å². The molecular formula is C24H28ClN5O3S2. The van der Waals surface area contributed by atoms with Gasteiger partial charge in [-0.15, -0.1) is 21.5 Å². The summed E-state index contributed by atoms with van der Waals surface area (Å²) in [6.07, 6.45) is 2.35. The molecule has 0 saturated carbocycles. The third-order valence-electron chi connectivity index (χ3n) is 5.91. The molecule has 0 saturated heterocycles. The van der Waals surface area contributed by atoms with E-state index in [2.05, 4.69) is 22.4 Å². The van der Waals surface area contributed by atoms with Gasteiger partial charge in [0.25, 0.3) is 5.91 Å². The molecule has 0 aliphatic heterocycles. The van der Waals surface area contributed by atoms with Gasteiger partial charge in [0, 0.05) is 11.4 Å². The zero-order valence-corrected chi connectivity index (χ0v) is 22.2. The van der Waals surface area contributed by atoms with Crippen molar-refractivity contribution in [3.63, 3.8) is 0 Å². The third-order valence-corrected chi connectivity index (χ3v) is 8.36. The average Bonchev–Trinajstić information content (AvgIpc) is 3.39. The Hall–Kier alpha value is -2.56. The summed E-state index contributed by atoms with van der Waals surface area (Å²) in [6.45, 7) is 6.67. The summed E-state index contributed by atoms with van der Waals surface area (Å²) in [5.74, 6) is 1.17. The van der Waals surface area contributed by atoms with Crippen LogP contribution in [0.25, 0.3) is 0 Å². The fraction of sp³-hybridized carbons (Fsp3) is 0.417. The second-order valence-corrected chi connectivity index (χ2v) is 11.0. The number of rotatable bonds is 9. The number of nitrogens with two attached hydrogens (primary N) is 1. The standard InChI is InChI=1S/C24H28ClN5O3S2/c1-4-30-22(14(3)33-17-8-6-5-7-16(17)25)28-29-24(30)34-12-19(31)27-23-20(21(26)32)15-10-9-13(2)11-18(15)35-23/h5-8,13-14H,4,9-12H2,1-3H3,(H2,26,32)(H,27,31). The zero-order valence-electron chi connectivity index (χ0n) is 19.8. The van der Waals surface area contributed by atoms with Crippen molar-refractivity contribution < 1.29 is 14.3 Å². The van der Waals surface area contributed by atoms with Crippen molar-refractivity contribution in [3.8, 4) is 5.75 Å². The number of fused-ring (bicyclic) bond motifs is 1. The summed E-state index contributed by atoms with van der Waals surface area (Å²) in [7, 11) is 0. The first-order chi connectivity index (χ1) is 16.8. The van der Waals surface area contributed by atoms with Gasteiger partial charge in [-0.05, 0) is 56.7 Å². The number of carbonyl (C=O) groups excluding carboxylic acids is 2. The van der Waals surface area contributed by atoms with Crippen LogP contribution in [-0.4, -0.2) is 32.3 Å². The van der Waals surface area contributed by atoms with E-state index in [-0.39, 0.29) is 17.8 Å². The van der Waals surface area contributed by atoms with Gasteiger partial charge >= 0.3 is 0 Å². The summed E-state index contributed by atoms with van der Waals surface area (Å²) in [5, 5.41) is 13.1. The molecule has 1 aliphatic carbocycles. The van der Waals surface area contributed by atoms with Crippen molar-refractivity contribution in [2.75, 3.05) is 11.1 Å². The van der Waals surface area contributed by atoms with Gasteiger partial charge in [0.1, 0.15) is 10.8 Å². The summed E-state index contributed by atoms with van der Waals surface area (Å²) in [6, 6.07) is 7.26. The lowest BCUT2D eigenvalue weighted by Gasteiger charge is -2.18. The number of anilines is 1. The van der Waals surface area contributed by atoms with Crippen LogP contribution < -0.4 is 15.8 Å². The lowest BCUT2D eigenvalue weighted by atomic mass is 9.88. The largest absolute Gasteiger partial charge is 0.481 e. The Bertz CT molecular complexity index is 1240.